The van der Waals surface area contributed by atoms with E-state index < -0.39 is 5.91 Å². The predicted octanol–water partition coefficient (Wildman–Crippen LogP) is 4.49. The smallest absolute Gasteiger partial charge is 0.275 e. The number of aromatic hydroxyl groups is 1. The second-order valence-electron chi connectivity index (χ2n) is 9.04. The number of rotatable bonds is 7. The number of carbonyl (C=O) groups excluding carboxylic acids is 2. The summed E-state index contributed by atoms with van der Waals surface area (Å²) < 4.78 is 11.2. The summed E-state index contributed by atoms with van der Waals surface area (Å²) in [5, 5.41) is 15.9. The lowest BCUT2D eigenvalue weighted by molar-refractivity contribution is -0.139. The van der Waals surface area contributed by atoms with E-state index in [2.05, 4.69) is 24.4 Å². The van der Waals surface area contributed by atoms with Crippen LogP contribution in [-0.4, -0.2) is 53.8 Å². The molecular formula is C28H31N3O5. The van der Waals surface area contributed by atoms with Crippen molar-refractivity contribution in [1.29, 1.82) is 0 Å². The van der Waals surface area contributed by atoms with Crippen LogP contribution in [-0.2, 0) is 4.79 Å². The van der Waals surface area contributed by atoms with Crippen LogP contribution in [0.5, 0.6) is 17.2 Å². The number of phenolic OH excluding ortho intramolecular Hbond substituents is 1. The molecule has 1 aliphatic rings. The summed E-state index contributed by atoms with van der Waals surface area (Å²) in [7, 11) is 1.52. The Hall–Kier alpha value is -4.07. The molecule has 0 aromatic heterocycles. The van der Waals surface area contributed by atoms with Crippen LogP contribution in [0.2, 0.25) is 0 Å². The minimum absolute atomic E-state index is 0.0398. The molecule has 2 N–H and O–H groups in total. The van der Waals surface area contributed by atoms with Crippen LogP contribution in [0.3, 0.4) is 0 Å². The number of nitrogens with zero attached hydrogens (tertiary/aromatic N) is 2. The Morgan fingerprint density at radius 3 is 2.44 bits per heavy atom. The van der Waals surface area contributed by atoms with E-state index in [0.29, 0.717) is 17.1 Å². The van der Waals surface area contributed by atoms with Gasteiger partial charge in [0.15, 0.2) is 18.1 Å². The summed E-state index contributed by atoms with van der Waals surface area (Å²) in [5.74, 6) is 0.214. The van der Waals surface area contributed by atoms with E-state index >= 15 is 0 Å². The van der Waals surface area contributed by atoms with Crippen molar-refractivity contribution in [2.45, 2.75) is 45.2 Å². The van der Waals surface area contributed by atoms with Crippen molar-refractivity contribution in [1.82, 2.24) is 10.3 Å². The first-order chi connectivity index (χ1) is 17.4. The zero-order chi connectivity index (χ0) is 25.7. The molecule has 1 fully saturated rings. The van der Waals surface area contributed by atoms with Crippen molar-refractivity contribution in [2.24, 2.45) is 5.10 Å². The number of benzene rings is 3. The molecule has 3 aromatic carbocycles. The number of phenols is 1. The third-order valence-electron chi connectivity index (χ3n) is 6.51. The molecule has 3 aromatic rings. The minimum Gasteiger partial charge on any atom is -0.507 e. The lowest BCUT2D eigenvalue weighted by Crippen LogP contribution is -2.49. The summed E-state index contributed by atoms with van der Waals surface area (Å²) in [5.41, 5.74) is 3.23. The fourth-order valence-electron chi connectivity index (χ4n) is 4.65. The molecule has 0 spiro atoms. The third-order valence-corrected chi connectivity index (χ3v) is 6.51. The first-order valence-corrected chi connectivity index (χ1v) is 12.0. The normalized spacial score (nSPS) is 17.8. The summed E-state index contributed by atoms with van der Waals surface area (Å²) in [4.78, 5) is 27.2. The Kier molecular flexibility index (Phi) is 7.73. The first-order valence-electron chi connectivity index (χ1n) is 12.0. The summed E-state index contributed by atoms with van der Waals surface area (Å²) >= 11 is 0. The number of ether oxygens (including phenoxy) is 2. The van der Waals surface area contributed by atoms with Crippen molar-refractivity contribution in [2.75, 3.05) is 13.7 Å². The lowest BCUT2D eigenvalue weighted by Gasteiger charge is -2.39. The number of methoxy groups -OCH3 is 1. The van der Waals surface area contributed by atoms with E-state index in [0.717, 1.165) is 30.0 Å². The number of fused-ring (bicyclic) bond motifs is 1. The maximum absolute atomic E-state index is 12.8. The average Bonchev–Trinajstić information content (AvgIpc) is 2.87. The summed E-state index contributed by atoms with van der Waals surface area (Å²) in [6, 6.07) is 16.2. The van der Waals surface area contributed by atoms with Gasteiger partial charge in [0.05, 0.1) is 18.9 Å². The molecule has 8 nitrogen and oxygen atoms in total. The number of likely N-dealkylation sites (tertiary alicyclic amines) is 1. The van der Waals surface area contributed by atoms with Gasteiger partial charge in [-0.1, -0.05) is 24.3 Å². The van der Waals surface area contributed by atoms with Gasteiger partial charge in [0.25, 0.3) is 11.8 Å². The molecule has 4 rings (SSSR count). The number of hydrogen-bond donors (Lipinski definition) is 2. The number of carbonyl (C=O) groups is 2. The van der Waals surface area contributed by atoms with Crippen LogP contribution in [0.15, 0.2) is 59.7 Å². The lowest BCUT2D eigenvalue weighted by atomic mass is 9.97. The molecule has 36 heavy (non-hydrogen) atoms. The highest BCUT2D eigenvalue weighted by molar-refractivity contribution is 6.01. The van der Waals surface area contributed by atoms with Crippen molar-refractivity contribution < 1.29 is 24.2 Å². The molecule has 0 aliphatic carbocycles. The van der Waals surface area contributed by atoms with Crippen molar-refractivity contribution in [3.8, 4) is 17.2 Å². The second kappa shape index (κ2) is 11.1. The van der Waals surface area contributed by atoms with Crippen molar-refractivity contribution in [3.63, 3.8) is 0 Å². The molecular weight excluding hydrogens is 458 g/mol. The Bertz CT molecular complexity index is 1280. The molecule has 1 heterocycles. The van der Waals surface area contributed by atoms with E-state index in [1.54, 1.807) is 30.3 Å². The number of nitrogens with one attached hydrogen (secondary N) is 1. The molecule has 1 saturated heterocycles. The third kappa shape index (κ3) is 5.59. The number of amides is 2. The molecule has 8 heteroatoms. The van der Waals surface area contributed by atoms with E-state index in [1.165, 1.54) is 13.3 Å². The van der Waals surface area contributed by atoms with Gasteiger partial charge in [0.2, 0.25) is 0 Å². The maximum Gasteiger partial charge on any atom is 0.275 e. The number of piperidine rings is 1. The fraction of sp³-hybridized carbons (Fsp3) is 0.321. The average molecular weight is 490 g/mol. The topological polar surface area (TPSA) is 100 Å². The van der Waals surface area contributed by atoms with Crippen LogP contribution in [0.1, 0.15) is 49.0 Å². The van der Waals surface area contributed by atoms with Crippen LogP contribution >= 0.6 is 0 Å². The Balaban J connectivity index is 1.39. The Morgan fingerprint density at radius 2 is 1.75 bits per heavy atom. The highest BCUT2D eigenvalue weighted by atomic mass is 16.5. The van der Waals surface area contributed by atoms with E-state index in [1.807, 2.05) is 29.2 Å². The molecule has 188 valence electrons. The van der Waals surface area contributed by atoms with Gasteiger partial charge in [-0.05, 0) is 79.8 Å². The molecule has 0 saturated carbocycles. The fourth-order valence-corrected chi connectivity index (χ4v) is 4.65. The molecule has 1 aliphatic heterocycles. The maximum atomic E-state index is 12.8. The Labute approximate surface area is 210 Å². The molecule has 2 unspecified atom stereocenters. The van der Waals surface area contributed by atoms with Gasteiger partial charge in [-0.15, -0.1) is 0 Å². The van der Waals surface area contributed by atoms with E-state index in [9.17, 15) is 14.7 Å². The highest BCUT2D eigenvalue weighted by Gasteiger charge is 2.29. The van der Waals surface area contributed by atoms with Gasteiger partial charge in [-0.25, -0.2) is 5.43 Å². The van der Waals surface area contributed by atoms with Gasteiger partial charge in [0, 0.05) is 12.1 Å². The largest absolute Gasteiger partial charge is 0.507 e. The molecule has 2 atom stereocenters. The van der Waals surface area contributed by atoms with Crippen LogP contribution < -0.4 is 14.9 Å². The van der Waals surface area contributed by atoms with Crippen LogP contribution in [0.4, 0.5) is 0 Å². The standard InChI is InChI=1S/C28H31N3O5/c1-18-7-6-8-19(2)31(18)27(33)17-36-25-12-11-20(13-26(25)35-3)16-29-30-28(34)23-14-21-9-4-5-10-22(21)15-24(23)32/h4-5,9-16,18-19,32H,6-8,17H2,1-3H3,(H,30,34). The van der Waals surface area contributed by atoms with Crippen molar-refractivity contribution in [3.05, 3.63) is 65.7 Å². The molecule has 0 radical (unpaired) electrons. The zero-order valence-corrected chi connectivity index (χ0v) is 20.7. The van der Waals surface area contributed by atoms with Crippen molar-refractivity contribution >= 4 is 28.8 Å². The Morgan fingerprint density at radius 1 is 1.06 bits per heavy atom. The van der Waals surface area contributed by atoms with Gasteiger partial charge >= 0.3 is 0 Å². The van der Waals surface area contributed by atoms with Crippen LogP contribution in [0.25, 0.3) is 10.8 Å². The summed E-state index contributed by atoms with van der Waals surface area (Å²) in [6.45, 7) is 4.08. The van der Waals surface area contributed by atoms with Gasteiger partial charge in [-0.3, -0.25) is 9.59 Å². The van der Waals surface area contributed by atoms with Gasteiger partial charge < -0.3 is 19.5 Å². The number of hydrazone groups is 1. The predicted molar refractivity (Wildman–Crippen MR) is 139 cm³/mol. The molecule has 2 amide bonds. The number of hydrogen-bond acceptors (Lipinski definition) is 6. The molecule has 0 bridgehead atoms. The SMILES string of the molecule is COc1cc(C=NNC(=O)c2cc3ccccc3cc2O)ccc1OCC(=O)N1C(C)CCCC1C. The van der Waals surface area contributed by atoms with E-state index in [4.69, 9.17) is 9.47 Å². The highest BCUT2D eigenvalue weighted by Crippen LogP contribution is 2.29. The van der Waals surface area contributed by atoms with Gasteiger partial charge in [-0.2, -0.15) is 5.10 Å². The van der Waals surface area contributed by atoms with Crippen LogP contribution in [0, 0.1) is 0 Å². The summed E-state index contributed by atoms with van der Waals surface area (Å²) in [6.07, 6.45) is 4.60. The quantitative estimate of drug-likeness (QED) is 0.376. The second-order valence-corrected chi connectivity index (χ2v) is 9.04. The van der Waals surface area contributed by atoms with E-state index in [-0.39, 0.29) is 35.9 Å². The monoisotopic (exact) mass is 489 g/mol. The van der Waals surface area contributed by atoms with Gasteiger partial charge in [0.1, 0.15) is 5.75 Å². The zero-order valence-electron chi connectivity index (χ0n) is 20.7. The first kappa shape index (κ1) is 25.0. The minimum atomic E-state index is -0.527.